The van der Waals surface area contributed by atoms with E-state index in [1.54, 1.807) is 11.3 Å². The molecule has 0 bridgehead atoms. The third-order valence-corrected chi connectivity index (χ3v) is 5.56. The molecule has 0 spiro atoms. The maximum absolute atomic E-state index is 11.0. The first kappa shape index (κ1) is 19.4. The van der Waals surface area contributed by atoms with Crippen LogP contribution in [0.5, 0.6) is 5.88 Å². The van der Waals surface area contributed by atoms with Gasteiger partial charge in [0.15, 0.2) is 6.61 Å². The van der Waals surface area contributed by atoms with Gasteiger partial charge in [0.05, 0.1) is 17.8 Å². The second kappa shape index (κ2) is 9.02. The number of aromatic nitrogens is 2. The molecule has 0 radical (unpaired) electrons. The quantitative estimate of drug-likeness (QED) is 0.590. The summed E-state index contributed by atoms with van der Waals surface area (Å²) in [7, 11) is 0. The molecule has 2 N–H and O–H groups in total. The molecule has 3 aromatic rings. The van der Waals surface area contributed by atoms with Gasteiger partial charge in [-0.3, -0.25) is 4.90 Å². The SMILES string of the molecule is O=C(O)COc1nc(NCc2cccs2)nc2c1CN(Cc1ccccc1)CC2. The first-order valence-electron chi connectivity index (χ1n) is 9.44. The number of hydrogen-bond acceptors (Lipinski definition) is 7. The van der Waals surface area contributed by atoms with Crippen LogP contribution >= 0.6 is 11.3 Å². The predicted octanol–water partition coefficient (Wildman–Crippen LogP) is 3.17. The molecule has 0 saturated heterocycles. The van der Waals surface area contributed by atoms with E-state index in [4.69, 9.17) is 9.84 Å². The molecule has 1 aliphatic rings. The Morgan fingerprint density at radius 2 is 2.07 bits per heavy atom. The van der Waals surface area contributed by atoms with Crippen LogP contribution in [0, 0.1) is 0 Å². The standard InChI is InChI=1S/C21H22N4O3S/c26-19(27)14-28-20-17-13-25(12-15-5-2-1-3-6-15)9-8-18(17)23-21(24-20)22-11-16-7-4-10-29-16/h1-7,10H,8-9,11-14H2,(H,26,27)(H,22,23,24). The largest absolute Gasteiger partial charge is 0.479 e. The van der Waals surface area contributed by atoms with Crippen LogP contribution < -0.4 is 10.1 Å². The monoisotopic (exact) mass is 410 g/mol. The molecule has 2 aromatic heterocycles. The van der Waals surface area contributed by atoms with E-state index >= 15 is 0 Å². The summed E-state index contributed by atoms with van der Waals surface area (Å²) in [5.41, 5.74) is 3.02. The normalized spacial score (nSPS) is 13.7. The molecule has 1 aliphatic heterocycles. The molecule has 0 unspecified atom stereocenters. The fourth-order valence-corrected chi connectivity index (χ4v) is 3.97. The molecule has 8 heteroatoms. The van der Waals surface area contributed by atoms with Gasteiger partial charge in [0.1, 0.15) is 0 Å². The number of nitrogens with zero attached hydrogens (tertiary/aromatic N) is 3. The number of nitrogens with one attached hydrogen (secondary N) is 1. The molecule has 0 atom stereocenters. The Bertz CT molecular complexity index is 964. The summed E-state index contributed by atoms with van der Waals surface area (Å²) >= 11 is 1.66. The lowest BCUT2D eigenvalue weighted by molar-refractivity contribution is -0.139. The van der Waals surface area contributed by atoms with Gasteiger partial charge in [0, 0.05) is 30.9 Å². The van der Waals surface area contributed by atoms with E-state index in [1.807, 2.05) is 35.7 Å². The van der Waals surface area contributed by atoms with Crippen molar-refractivity contribution in [1.82, 2.24) is 14.9 Å². The molecule has 4 rings (SSSR count). The number of aliphatic carboxylic acids is 1. The Morgan fingerprint density at radius 1 is 1.21 bits per heavy atom. The number of carboxylic acids is 1. The lowest BCUT2D eigenvalue weighted by Crippen LogP contribution is -2.32. The van der Waals surface area contributed by atoms with Gasteiger partial charge in [0.25, 0.3) is 0 Å². The third-order valence-electron chi connectivity index (χ3n) is 4.68. The van der Waals surface area contributed by atoms with Gasteiger partial charge in [-0.15, -0.1) is 11.3 Å². The van der Waals surface area contributed by atoms with Crippen molar-refractivity contribution in [2.24, 2.45) is 0 Å². The number of hydrogen-bond donors (Lipinski definition) is 2. The number of anilines is 1. The van der Waals surface area contributed by atoms with Gasteiger partial charge >= 0.3 is 5.97 Å². The topological polar surface area (TPSA) is 87.6 Å². The Hall–Kier alpha value is -2.97. The Kier molecular flexibility index (Phi) is 6.02. The minimum absolute atomic E-state index is 0.351. The van der Waals surface area contributed by atoms with Crippen molar-refractivity contribution in [2.75, 3.05) is 18.5 Å². The summed E-state index contributed by atoms with van der Waals surface area (Å²) in [6, 6.07) is 14.3. The molecular weight excluding hydrogens is 388 g/mol. The highest BCUT2D eigenvalue weighted by atomic mass is 32.1. The van der Waals surface area contributed by atoms with Crippen LogP contribution in [0.1, 0.15) is 21.7 Å². The number of fused-ring (bicyclic) bond motifs is 1. The van der Waals surface area contributed by atoms with Crippen LogP contribution in [0.25, 0.3) is 0 Å². The predicted molar refractivity (Wildman–Crippen MR) is 111 cm³/mol. The van der Waals surface area contributed by atoms with Crippen molar-refractivity contribution in [1.29, 1.82) is 0 Å². The zero-order chi connectivity index (χ0) is 20.1. The van der Waals surface area contributed by atoms with Crippen LogP contribution in [0.2, 0.25) is 0 Å². The zero-order valence-electron chi connectivity index (χ0n) is 15.9. The molecule has 3 heterocycles. The zero-order valence-corrected chi connectivity index (χ0v) is 16.7. The van der Waals surface area contributed by atoms with Gasteiger partial charge in [-0.2, -0.15) is 4.98 Å². The van der Waals surface area contributed by atoms with Crippen LogP contribution in [-0.2, 0) is 30.8 Å². The highest BCUT2D eigenvalue weighted by Crippen LogP contribution is 2.28. The van der Waals surface area contributed by atoms with E-state index in [1.165, 1.54) is 10.4 Å². The van der Waals surface area contributed by atoms with Crippen molar-refractivity contribution in [3.8, 4) is 5.88 Å². The number of rotatable bonds is 8. The van der Waals surface area contributed by atoms with Crippen molar-refractivity contribution in [2.45, 2.75) is 26.1 Å². The molecule has 0 saturated carbocycles. The van der Waals surface area contributed by atoms with Crippen LogP contribution in [0.3, 0.4) is 0 Å². The summed E-state index contributed by atoms with van der Waals surface area (Å²) in [6.45, 7) is 2.52. The Balaban J connectivity index is 1.53. The first-order chi connectivity index (χ1) is 14.2. The van der Waals surface area contributed by atoms with Crippen molar-refractivity contribution >= 4 is 23.3 Å². The molecule has 0 aliphatic carbocycles. The fraction of sp³-hybridized carbons (Fsp3) is 0.286. The Morgan fingerprint density at radius 3 is 2.83 bits per heavy atom. The molecule has 0 fully saturated rings. The Labute approximate surface area is 173 Å². The minimum atomic E-state index is -1.03. The second-order valence-electron chi connectivity index (χ2n) is 6.84. The summed E-state index contributed by atoms with van der Waals surface area (Å²) in [5, 5.41) is 14.3. The summed E-state index contributed by atoms with van der Waals surface area (Å²) in [6.07, 6.45) is 0.766. The maximum atomic E-state index is 11.0. The smallest absolute Gasteiger partial charge is 0.341 e. The van der Waals surface area contributed by atoms with Crippen molar-refractivity contribution in [3.63, 3.8) is 0 Å². The molecule has 150 valence electrons. The van der Waals surface area contributed by atoms with E-state index in [9.17, 15) is 4.79 Å². The van der Waals surface area contributed by atoms with Crippen LogP contribution in [-0.4, -0.2) is 39.1 Å². The van der Waals surface area contributed by atoms with E-state index in [0.717, 1.165) is 30.8 Å². The number of thiophene rings is 1. The van der Waals surface area contributed by atoms with Gasteiger partial charge < -0.3 is 15.2 Å². The van der Waals surface area contributed by atoms with Gasteiger partial charge in [-0.05, 0) is 17.0 Å². The molecule has 7 nitrogen and oxygen atoms in total. The highest BCUT2D eigenvalue weighted by molar-refractivity contribution is 7.09. The van der Waals surface area contributed by atoms with Gasteiger partial charge in [-0.25, -0.2) is 9.78 Å². The highest BCUT2D eigenvalue weighted by Gasteiger charge is 2.24. The lowest BCUT2D eigenvalue weighted by atomic mass is 10.1. The summed E-state index contributed by atoms with van der Waals surface area (Å²) in [5.74, 6) is -0.208. The average Bonchev–Trinajstić information content (AvgIpc) is 3.25. The van der Waals surface area contributed by atoms with Crippen molar-refractivity contribution in [3.05, 3.63) is 69.5 Å². The van der Waals surface area contributed by atoms with E-state index in [0.29, 0.717) is 24.9 Å². The lowest BCUT2D eigenvalue weighted by Gasteiger charge is -2.29. The minimum Gasteiger partial charge on any atom is -0.479 e. The molecule has 29 heavy (non-hydrogen) atoms. The summed E-state index contributed by atoms with van der Waals surface area (Å²) < 4.78 is 5.53. The number of benzene rings is 1. The average molecular weight is 410 g/mol. The van der Waals surface area contributed by atoms with E-state index < -0.39 is 12.6 Å². The maximum Gasteiger partial charge on any atom is 0.341 e. The molecule has 0 amide bonds. The molecule has 1 aromatic carbocycles. The summed E-state index contributed by atoms with van der Waals surface area (Å²) in [4.78, 5) is 23.6. The van der Waals surface area contributed by atoms with E-state index in [2.05, 4.69) is 32.3 Å². The number of carboxylic acid groups (broad SMARTS) is 1. The third kappa shape index (κ3) is 5.10. The van der Waals surface area contributed by atoms with Gasteiger partial charge in [0.2, 0.25) is 11.8 Å². The fourth-order valence-electron chi connectivity index (χ4n) is 3.32. The van der Waals surface area contributed by atoms with E-state index in [-0.39, 0.29) is 0 Å². The number of carbonyl (C=O) groups is 1. The van der Waals surface area contributed by atoms with Crippen LogP contribution in [0.15, 0.2) is 47.8 Å². The number of ether oxygens (including phenoxy) is 1. The molecular formula is C21H22N4O3S. The van der Waals surface area contributed by atoms with Crippen molar-refractivity contribution < 1.29 is 14.6 Å². The second-order valence-corrected chi connectivity index (χ2v) is 7.87. The van der Waals surface area contributed by atoms with Crippen LogP contribution in [0.4, 0.5) is 5.95 Å². The first-order valence-corrected chi connectivity index (χ1v) is 10.3. The van der Waals surface area contributed by atoms with Gasteiger partial charge in [-0.1, -0.05) is 36.4 Å².